The van der Waals surface area contributed by atoms with Gasteiger partial charge in [0.25, 0.3) is 0 Å². The number of methoxy groups -OCH3 is 1. The quantitative estimate of drug-likeness (QED) is 0.693. The Morgan fingerprint density at radius 1 is 1.13 bits per heavy atom. The molecule has 3 atom stereocenters. The van der Waals surface area contributed by atoms with Crippen LogP contribution in [0.2, 0.25) is 0 Å². The predicted octanol–water partition coefficient (Wildman–Crippen LogP) is 3.80. The van der Waals surface area contributed by atoms with Gasteiger partial charge in [-0.1, -0.05) is 24.3 Å². The molecule has 158 valence electrons. The van der Waals surface area contributed by atoms with Crippen LogP contribution in [0.3, 0.4) is 0 Å². The number of β-amino-alcohol motifs (C(OH)–C–C–N with tert-alkyl or cyclic N) is 1. The van der Waals surface area contributed by atoms with Crippen LogP contribution >= 0.6 is 0 Å². The second-order valence-electron chi connectivity index (χ2n) is 8.26. The van der Waals surface area contributed by atoms with E-state index in [-0.39, 0.29) is 17.8 Å². The summed E-state index contributed by atoms with van der Waals surface area (Å²) in [5.41, 5.74) is 2.54. The van der Waals surface area contributed by atoms with Gasteiger partial charge in [0.05, 0.1) is 30.1 Å². The molecule has 0 fully saturated rings. The van der Waals surface area contributed by atoms with Crippen LogP contribution in [-0.2, 0) is 5.60 Å². The van der Waals surface area contributed by atoms with E-state index in [1.54, 1.807) is 23.9 Å². The minimum absolute atomic E-state index is 0.00452. The average molecular weight is 410 g/mol. The molecule has 3 aromatic rings. The van der Waals surface area contributed by atoms with Gasteiger partial charge in [-0.05, 0) is 55.8 Å². The zero-order valence-electron chi connectivity index (χ0n) is 17.7. The molecule has 0 saturated carbocycles. The van der Waals surface area contributed by atoms with Crippen molar-refractivity contribution in [1.29, 1.82) is 0 Å². The van der Waals surface area contributed by atoms with Gasteiger partial charge in [0.2, 0.25) is 0 Å². The van der Waals surface area contributed by atoms with Gasteiger partial charge in [0.15, 0.2) is 0 Å². The van der Waals surface area contributed by atoms with Gasteiger partial charge in [-0.2, -0.15) is 0 Å². The highest BCUT2D eigenvalue weighted by molar-refractivity contribution is 5.37. The third-order valence-corrected chi connectivity index (χ3v) is 5.95. The Kier molecular flexibility index (Phi) is 5.34. The molecule has 7 heteroatoms. The van der Waals surface area contributed by atoms with Gasteiger partial charge in [0.1, 0.15) is 17.3 Å². The Bertz CT molecular complexity index is 1010. The summed E-state index contributed by atoms with van der Waals surface area (Å²) < 4.78 is 20.3. The lowest BCUT2D eigenvalue weighted by atomic mass is 9.90. The highest BCUT2D eigenvalue weighted by atomic mass is 19.1. The van der Waals surface area contributed by atoms with Gasteiger partial charge in [-0.3, -0.25) is 4.90 Å². The summed E-state index contributed by atoms with van der Waals surface area (Å²) >= 11 is 0. The maximum absolute atomic E-state index is 13.3. The monoisotopic (exact) mass is 410 g/mol. The molecule has 1 N–H and O–H groups in total. The standard InChI is InChI=1S/C23H27FN4O2/c1-15-13-27(14-23(3,29)17-5-11-20(30-4)12-6-17)16(2)21-22(15)28(26-25-21)19-9-7-18(24)8-10-19/h5-12,15-16,29H,13-14H2,1-4H3. The maximum atomic E-state index is 13.3. The molecule has 3 unspecified atom stereocenters. The number of hydrogen-bond donors (Lipinski definition) is 1. The van der Waals surface area contributed by atoms with E-state index in [1.165, 1.54) is 12.1 Å². The molecule has 6 nitrogen and oxygen atoms in total. The highest BCUT2D eigenvalue weighted by Crippen LogP contribution is 2.37. The zero-order chi connectivity index (χ0) is 21.5. The van der Waals surface area contributed by atoms with Crippen LogP contribution in [-0.4, -0.2) is 45.2 Å². The molecule has 0 amide bonds. The van der Waals surface area contributed by atoms with Crippen LogP contribution in [0.5, 0.6) is 5.75 Å². The first kappa shape index (κ1) is 20.5. The normalized spacial score (nSPS) is 21.1. The van der Waals surface area contributed by atoms with E-state index in [0.29, 0.717) is 6.54 Å². The first-order valence-corrected chi connectivity index (χ1v) is 10.1. The van der Waals surface area contributed by atoms with Gasteiger partial charge < -0.3 is 9.84 Å². The number of hydrogen-bond acceptors (Lipinski definition) is 5. The summed E-state index contributed by atoms with van der Waals surface area (Å²) in [6, 6.07) is 13.8. The van der Waals surface area contributed by atoms with E-state index in [9.17, 15) is 9.50 Å². The Morgan fingerprint density at radius 3 is 2.43 bits per heavy atom. The summed E-state index contributed by atoms with van der Waals surface area (Å²) in [4.78, 5) is 2.24. The van der Waals surface area contributed by atoms with Crippen molar-refractivity contribution < 1.29 is 14.2 Å². The molecule has 2 aromatic carbocycles. The van der Waals surface area contributed by atoms with Crippen molar-refractivity contribution in [1.82, 2.24) is 19.9 Å². The lowest BCUT2D eigenvalue weighted by Gasteiger charge is -2.40. The number of fused-ring (bicyclic) bond motifs is 1. The van der Waals surface area contributed by atoms with Gasteiger partial charge in [-0.25, -0.2) is 9.07 Å². The topological polar surface area (TPSA) is 63.4 Å². The maximum Gasteiger partial charge on any atom is 0.123 e. The Hall–Kier alpha value is -2.77. The van der Waals surface area contributed by atoms with Crippen molar-refractivity contribution in [3.05, 3.63) is 71.3 Å². The molecule has 0 saturated heterocycles. The number of halogens is 1. The van der Waals surface area contributed by atoms with Crippen molar-refractivity contribution in [3.8, 4) is 11.4 Å². The Labute approximate surface area is 175 Å². The number of nitrogens with zero attached hydrogens (tertiary/aromatic N) is 4. The minimum atomic E-state index is -1.02. The lowest BCUT2D eigenvalue weighted by molar-refractivity contribution is -0.00195. The first-order valence-electron chi connectivity index (χ1n) is 10.1. The summed E-state index contributed by atoms with van der Waals surface area (Å²) in [6.45, 7) is 7.27. The highest BCUT2D eigenvalue weighted by Gasteiger charge is 2.37. The van der Waals surface area contributed by atoms with E-state index in [0.717, 1.165) is 34.9 Å². The second kappa shape index (κ2) is 7.81. The zero-order valence-corrected chi connectivity index (χ0v) is 17.7. The lowest BCUT2D eigenvalue weighted by Crippen LogP contribution is -2.44. The summed E-state index contributed by atoms with van der Waals surface area (Å²) in [6.07, 6.45) is 0. The largest absolute Gasteiger partial charge is 0.497 e. The van der Waals surface area contributed by atoms with E-state index in [4.69, 9.17) is 4.74 Å². The van der Waals surface area contributed by atoms with Crippen molar-refractivity contribution in [2.75, 3.05) is 20.2 Å². The van der Waals surface area contributed by atoms with Gasteiger partial charge in [0, 0.05) is 19.0 Å². The average Bonchev–Trinajstić information content (AvgIpc) is 3.18. The molecular weight excluding hydrogens is 383 g/mol. The molecule has 1 aromatic heterocycles. The third kappa shape index (κ3) is 3.70. The molecule has 30 heavy (non-hydrogen) atoms. The molecular formula is C23H27FN4O2. The molecule has 4 rings (SSSR count). The summed E-state index contributed by atoms with van der Waals surface area (Å²) in [5.74, 6) is 0.639. The van der Waals surface area contributed by atoms with E-state index in [2.05, 4.69) is 29.1 Å². The van der Waals surface area contributed by atoms with Gasteiger partial charge >= 0.3 is 0 Å². The van der Waals surface area contributed by atoms with Gasteiger partial charge in [-0.15, -0.1) is 5.10 Å². The Morgan fingerprint density at radius 2 is 1.80 bits per heavy atom. The van der Waals surface area contributed by atoms with E-state index in [1.807, 2.05) is 31.2 Å². The number of aliphatic hydroxyl groups is 1. The first-order chi connectivity index (χ1) is 14.3. The number of benzene rings is 2. The van der Waals surface area contributed by atoms with E-state index >= 15 is 0 Å². The summed E-state index contributed by atoms with van der Waals surface area (Å²) in [7, 11) is 1.63. The van der Waals surface area contributed by atoms with Crippen LogP contribution in [0.4, 0.5) is 4.39 Å². The fourth-order valence-corrected chi connectivity index (χ4v) is 4.24. The SMILES string of the molecule is COc1ccc(C(C)(O)CN2CC(C)c3c(nnn3-c3ccc(F)cc3)C2C)cc1. The fourth-order valence-electron chi connectivity index (χ4n) is 4.24. The molecule has 0 radical (unpaired) electrons. The third-order valence-electron chi connectivity index (χ3n) is 5.95. The number of rotatable bonds is 5. The van der Waals surface area contributed by atoms with Crippen LogP contribution < -0.4 is 4.74 Å². The van der Waals surface area contributed by atoms with Crippen molar-refractivity contribution >= 4 is 0 Å². The Balaban J connectivity index is 1.59. The van der Waals surface area contributed by atoms with Crippen LogP contribution in [0, 0.1) is 5.82 Å². The molecule has 1 aliphatic heterocycles. The predicted molar refractivity (Wildman–Crippen MR) is 112 cm³/mol. The van der Waals surface area contributed by atoms with Crippen LogP contribution in [0.25, 0.3) is 5.69 Å². The smallest absolute Gasteiger partial charge is 0.123 e. The van der Waals surface area contributed by atoms with Crippen molar-refractivity contribution in [2.24, 2.45) is 0 Å². The molecule has 0 spiro atoms. The molecule has 2 heterocycles. The number of aromatic nitrogens is 3. The molecule has 1 aliphatic rings. The minimum Gasteiger partial charge on any atom is -0.497 e. The second-order valence-corrected chi connectivity index (χ2v) is 8.26. The van der Waals surface area contributed by atoms with Crippen molar-refractivity contribution in [2.45, 2.75) is 38.3 Å². The van der Waals surface area contributed by atoms with E-state index < -0.39 is 5.60 Å². The van der Waals surface area contributed by atoms with Crippen LogP contribution in [0.15, 0.2) is 48.5 Å². The summed E-state index contributed by atoms with van der Waals surface area (Å²) in [5, 5.41) is 20.0. The molecule has 0 bridgehead atoms. The van der Waals surface area contributed by atoms with Crippen LogP contribution in [0.1, 0.15) is 49.7 Å². The van der Waals surface area contributed by atoms with Crippen molar-refractivity contribution in [3.63, 3.8) is 0 Å². The number of ether oxygens (including phenoxy) is 1. The molecule has 0 aliphatic carbocycles. The fraction of sp³-hybridized carbons (Fsp3) is 0.391.